The molecule has 1 aromatic carbocycles. The third kappa shape index (κ3) is 4.53. The van der Waals surface area contributed by atoms with Crippen LogP contribution in [0.1, 0.15) is 58.6 Å². The summed E-state index contributed by atoms with van der Waals surface area (Å²) in [6.45, 7) is 13.8. The van der Waals surface area contributed by atoms with Crippen LogP contribution in [0.15, 0.2) is 27.4 Å². The molecular weight excluding hydrogens is 382 g/mol. The lowest BCUT2D eigenvalue weighted by atomic mass is 9.97. The van der Waals surface area contributed by atoms with Gasteiger partial charge in [0, 0.05) is 36.5 Å². The topological polar surface area (TPSA) is 60.7 Å². The summed E-state index contributed by atoms with van der Waals surface area (Å²) in [4.78, 5) is 15.5. The van der Waals surface area contributed by atoms with Gasteiger partial charge in [0.1, 0.15) is 21.9 Å². The van der Waals surface area contributed by atoms with Gasteiger partial charge in [-0.2, -0.15) is 0 Å². The maximum Gasteiger partial charge on any atom is 0.259 e. The van der Waals surface area contributed by atoms with Crippen molar-refractivity contribution in [1.29, 1.82) is 0 Å². The van der Waals surface area contributed by atoms with Crippen LogP contribution in [0, 0.1) is 12.8 Å². The zero-order valence-electron chi connectivity index (χ0n) is 18.7. The first-order chi connectivity index (χ1) is 13.5. The zero-order valence-corrected chi connectivity index (χ0v) is 19.5. The fraction of sp³-hybridized carbons (Fsp3) is 0.565. The maximum absolute atomic E-state index is 13.2. The van der Waals surface area contributed by atoms with Gasteiger partial charge < -0.3 is 9.45 Å². The standard InChI is InChI=1S/C23H33N3O2S/c1-15-8-10-26(11-9-15)21-14-19-18(17(3)24-29(28)23(4,5)6)12-16(2)13-20(19)22(27)25(21)7/h12-15H,8-11H2,1-7H3. The molecular formula is C23H33N3O2S. The lowest BCUT2D eigenvalue weighted by Gasteiger charge is -2.33. The third-order valence-electron chi connectivity index (χ3n) is 5.72. The van der Waals surface area contributed by atoms with Crippen molar-refractivity contribution in [3.05, 3.63) is 39.7 Å². The fourth-order valence-corrected chi connectivity index (χ4v) is 4.41. The largest absolute Gasteiger partial charge is 0.591 e. The van der Waals surface area contributed by atoms with Crippen molar-refractivity contribution < 1.29 is 4.55 Å². The van der Waals surface area contributed by atoms with Crippen molar-refractivity contribution in [2.75, 3.05) is 18.0 Å². The highest BCUT2D eigenvalue weighted by Gasteiger charge is 2.27. The molecule has 0 radical (unpaired) electrons. The third-order valence-corrected chi connectivity index (χ3v) is 7.21. The van der Waals surface area contributed by atoms with E-state index in [2.05, 4.69) is 22.3 Å². The first-order valence-corrected chi connectivity index (χ1v) is 11.5. The Morgan fingerprint density at radius 1 is 1.17 bits per heavy atom. The van der Waals surface area contributed by atoms with Crippen LogP contribution < -0.4 is 10.5 Å². The van der Waals surface area contributed by atoms with Crippen molar-refractivity contribution in [2.24, 2.45) is 17.4 Å². The van der Waals surface area contributed by atoms with E-state index >= 15 is 0 Å². The van der Waals surface area contributed by atoms with E-state index < -0.39 is 16.1 Å². The number of benzene rings is 1. The minimum Gasteiger partial charge on any atom is -0.591 e. The fourth-order valence-electron chi connectivity index (χ4n) is 3.79. The van der Waals surface area contributed by atoms with Crippen molar-refractivity contribution in [3.63, 3.8) is 0 Å². The minimum atomic E-state index is -1.35. The molecule has 1 fully saturated rings. The van der Waals surface area contributed by atoms with Crippen LogP contribution in [0.4, 0.5) is 5.82 Å². The molecule has 29 heavy (non-hydrogen) atoms. The number of hydrogen-bond donors (Lipinski definition) is 0. The Morgan fingerprint density at radius 3 is 2.38 bits per heavy atom. The Morgan fingerprint density at radius 2 is 1.79 bits per heavy atom. The monoisotopic (exact) mass is 415 g/mol. The van der Waals surface area contributed by atoms with Crippen LogP contribution >= 0.6 is 0 Å². The van der Waals surface area contributed by atoms with Crippen LogP contribution in [-0.4, -0.2) is 32.7 Å². The van der Waals surface area contributed by atoms with Crippen molar-refractivity contribution in [3.8, 4) is 0 Å². The highest BCUT2D eigenvalue weighted by molar-refractivity contribution is 7.91. The molecule has 3 rings (SSSR count). The lowest BCUT2D eigenvalue weighted by Crippen LogP contribution is -2.36. The molecule has 2 heterocycles. The van der Waals surface area contributed by atoms with Gasteiger partial charge in [-0.3, -0.25) is 9.36 Å². The maximum atomic E-state index is 13.2. The smallest absolute Gasteiger partial charge is 0.259 e. The molecule has 0 amide bonds. The van der Waals surface area contributed by atoms with E-state index in [0.717, 1.165) is 54.2 Å². The Balaban J connectivity index is 2.18. The molecule has 0 saturated carbocycles. The normalized spacial score (nSPS) is 17.8. The molecule has 1 unspecified atom stereocenters. The van der Waals surface area contributed by atoms with Gasteiger partial charge in [0.05, 0.1) is 5.71 Å². The van der Waals surface area contributed by atoms with E-state index in [-0.39, 0.29) is 5.56 Å². The number of hydrogen-bond acceptors (Lipinski definition) is 4. The van der Waals surface area contributed by atoms with E-state index in [1.165, 1.54) is 0 Å². The molecule has 1 saturated heterocycles. The van der Waals surface area contributed by atoms with E-state index in [0.29, 0.717) is 11.1 Å². The van der Waals surface area contributed by atoms with Gasteiger partial charge in [-0.25, -0.2) is 0 Å². The van der Waals surface area contributed by atoms with Gasteiger partial charge in [-0.1, -0.05) is 11.3 Å². The summed E-state index contributed by atoms with van der Waals surface area (Å²) in [5, 5.41) is 1.58. The molecule has 0 aliphatic carbocycles. The number of fused-ring (bicyclic) bond motifs is 1. The molecule has 1 aliphatic heterocycles. The number of anilines is 1. The second-order valence-electron chi connectivity index (χ2n) is 9.35. The summed E-state index contributed by atoms with van der Waals surface area (Å²) in [6, 6.07) is 6.10. The summed E-state index contributed by atoms with van der Waals surface area (Å²) < 4.78 is 18.4. The summed E-state index contributed by atoms with van der Waals surface area (Å²) in [7, 11) is 1.85. The van der Waals surface area contributed by atoms with Crippen LogP contribution in [-0.2, 0) is 18.4 Å². The number of nitrogens with zero attached hydrogens (tertiary/aromatic N) is 3. The van der Waals surface area contributed by atoms with Gasteiger partial charge in [-0.15, -0.1) is 0 Å². The first kappa shape index (κ1) is 21.9. The molecule has 1 aliphatic rings. The molecule has 1 atom stereocenters. The molecule has 0 spiro atoms. The van der Waals surface area contributed by atoms with E-state index in [4.69, 9.17) is 0 Å². The van der Waals surface area contributed by atoms with Crippen molar-refractivity contribution >= 4 is 33.7 Å². The van der Waals surface area contributed by atoms with E-state index in [1.54, 1.807) is 4.57 Å². The quantitative estimate of drug-likeness (QED) is 0.553. The van der Waals surface area contributed by atoms with Crippen LogP contribution in [0.25, 0.3) is 10.8 Å². The molecule has 2 aromatic rings. The SMILES string of the molecule is CC(=N[S+]([O-])C(C)(C)C)c1cc(C)cc2c(=O)n(C)c(N3CCC(C)CC3)cc12. The van der Waals surface area contributed by atoms with Gasteiger partial charge in [0.25, 0.3) is 5.56 Å². The summed E-state index contributed by atoms with van der Waals surface area (Å²) >= 11 is -1.35. The molecule has 6 heteroatoms. The van der Waals surface area contributed by atoms with Crippen molar-refractivity contribution in [1.82, 2.24) is 4.57 Å². The lowest BCUT2D eigenvalue weighted by molar-refractivity contribution is 0.434. The highest BCUT2D eigenvalue weighted by atomic mass is 32.2. The summed E-state index contributed by atoms with van der Waals surface area (Å²) in [5.41, 5.74) is 2.60. The van der Waals surface area contributed by atoms with E-state index in [1.807, 2.05) is 53.8 Å². The van der Waals surface area contributed by atoms with Crippen LogP contribution in [0.2, 0.25) is 0 Å². The molecule has 0 N–H and O–H groups in total. The Bertz CT molecular complexity index is 996. The van der Waals surface area contributed by atoms with Gasteiger partial charge >= 0.3 is 0 Å². The Hall–Kier alpha value is -1.79. The average molecular weight is 416 g/mol. The molecule has 1 aromatic heterocycles. The predicted octanol–water partition coefficient (Wildman–Crippen LogP) is 4.35. The number of piperidine rings is 1. The van der Waals surface area contributed by atoms with E-state index in [9.17, 15) is 9.35 Å². The number of aryl methyl sites for hydroxylation is 1. The Labute approximate surface area is 177 Å². The highest BCUT2D eigenvalue weighted by Crippen LogP contribution is 2.28. The van der Waals surface area contributed by atoms with Gasteiger partial charge in [-0.05, 0) is 77.1 Å². The molecule has 5 nitrogen and oxygen atoms in total. The first-order valence-electron chi connectivity index (χ1n) is 10.4. The number of pyridine rings is 1. The van der Waals surface area contributed by atoms with Crippen LogP contribution in [0.3, 0.4) is 0 Å². The minimum absolute atomic E-state index is 0.00538. The van der Waals surface area contributed by atoms with Crippen molar-refractivity contribution in [2.45, 2.75) is 59.1 Å². The second-order valence-corrected chi connectivity index (χ2v) is 11.3. The number of aromatic nitrogens is 1. The summed E-state index contributed by atoms with van der Waals surface area (Å²) in [5.74, 6) is 1.67. The Kier molecular flexibility index (Phi) is 6.16. The predicted molar refractivity (Wildman–Crippen MR) is 125 cm³/mol. The zero-order chi connectivity index (χ0) is 21.5. The van der Waals surface area contributed by atoms with Gasteiger partial charge in [0.2, 0.25) is 0 Å². The molecule has 0 bridgehead atoms. The van der Waals surface area contributed by atoms with Crippen LogP contribution in [0.5, 0.6) is 0 Å². The summed E-state index contributed by atoms with van der Waals surface area (Å²) in [6.07, 6.45) is 2.27. The van der Waals surface area contributed by atoms with Gasteiger partial charge in [0.15, 0.2) is 0 Å². The average Bonchev–Trinajstić information content (AvgIpc) is 2.64. The second kappa shape index (κ2) is 8.15. The number of rotatable bonds is 3. The molecule has 158 valence electrons.